The third-order valence-corrected chi connectivity index (χ3v) is 3.02. The van der Waals surface area contributed by atoms with Gasteiger partial charge >= 0.3 is 11.9 Å². The number of carboxylic acids is 2. The van der Waals surface area contributed by atoms with Crippen molar-refractivity contribution in [2.75, 3.05) is 5.75 Å². The van der Waals surface area contributed by atoms with Crippen LogP contribution in [0.25, 0.3) is 0 Å². The Labute approximate surface area is 142 Å². The first kappa shape index (κ1) is 20.6. The van der Waals surface area contributed by atoms with Gasteiger partial charge in [0.2, 0.25) is 0 Å². The third-order valence-electron chi connectivity index (χ3n) is 2.84. The summed E-state index contributed by atoms with van der Waals surface area (Å²) in [4.78, 5) is 21.3. The molecule has 0 spiro atoms. The van der Waals surface area contributed by atoms with Crippen LogP contribution in [0.3, 0.4) is 0 Å². The molecule has 0 heterocycles. The monoisotopic (exact) mass is 332 g/mol. The first-order valence-corrected chi connectivity index (χ1v) is 7.40. The molecule has 1 aliphatic carbocycles. The minimum absolute atomic E-state index is 0.0359. The summed E-state index contributed by atoms with van der Waals surface area (Å²) in [6.07, 6.45) is 9.14. The first-order chi connectivity index (χ1) is 10.9. The van der Waals surface area contributed by atoms with E-state index in [-0.39, 0.29) is 12.0 Å². The number of carboxylic acid groups (broad SMARTS) is 2. The van der Waals surface area contributed by atoms with Gasteiger partial charge in [0, 0.05) is 5.57 Å². The van der Waals surface area contributed by atoms with E-state index in [1.165, 1.54) is 25.2 Å². The molecule has 0 aromatic heterocycles. The van der Waals surface area contributed by atoms with Crippen molar-refractivity contribution >= 4 is 24.6 Å². The quantitative estimate of drug-likeness (QED) is 0.574. The summed E-state index contributed by atoms with van der Waals surface area (Å²) in [6.45, 7) is 1.50. The van der Waals surface area contributed by atoms with Crippen LogP contribution >= 0.6 is 12.6 Å². The zero-order valence-electron chi connectivity index (χ0n) is 12.8. The van der Waals surface area contributed by atoms with E-state index in [0.29, 0.717) is 5.75 Å². The predicted molar refractivity (Wildman–Crippen MR) is 94.3 cm³/mol. The molecule has 0 fully saturated rings. The van der Waals surface area contributed by atoms with E-state index in [2.05, 4.69) is 18.5 Å². The van der Waals surface area contributed by atoms with Crippen LogP contribution in [0.2, 0.25) is 0 Å². The Balaban J connectivity index is 0.000000398. The molecule has 0 radical (unpaired) electrons. The fraction of sp³-hybridized carbons (Fsp3) is 0.222. The molecule has 1 aromatic rings. The minimum atomic E-state index is -1.08. The molecule has 5 heteroatoms. The van der Waals surface area contributed by atoms with Crippen molar-refractivity contribution in [3.8, 4) is 12.3 Å². The molecule has 0 saturated heterocycles. The number of benzene rings is 1. The van der Waals surface area contributed by atoms with Gasteiger partial charge in [0.05, 0.1) is 11.2 Å². The van der Waals surface area contributed by atoms with Crippen molar-refractivity contribution < 1.29 is 19.8 Å². The number of hydrogen-bond donors (Lipinski definition) is 3. The van der Waals surface area contributed by atoms with Crippen LogP contribution in [0.4, 0.5) is 0 Å². The van der Waals surface area contributed by atoms with Gasteiger partial charge in [0.1, 0.15) is 0 Å². The summed E-state index contributed by atoms with van der Waals surface area (Å²) in [6, 6.07) is 12.0. The Morgan fingerprint density at radius 2 is 1.65 bits per heavy atom. The number of carbonyl (C=O) groups is 2. The molecule has 2 N–H and O–H groups in total. The van der Waals surface area contributed by atoms with E-state index in [4.69, 9.17) is 16.6 Å². The molecular formula is C18H20O4S. The van der Waals surface area contributed by atoms with Crippen LogP contribution in [-0.4, -0.2) is 27.9 Å². The van der Waals surface area contributed by atoms with Gasteiger partial charge in [-0.15, -0.1) is 6.42 Å². The third kappa shape index (κ3) is 8.54. The van der Waals surface area contributed by atoms with Gasteiger partial charge in [0.25, 0.3) is 0 Å². The zero-order valence-corrected chi connectivity index (χ0v) is 13.7. The molecule has 1 unspecified atom stereocenters. The molecule has 1 aromatic carbocycles. The lowest BCUT2D eigenvalue weighted by molar-refractivity contribution is -0.145. The maximum absolute atomic E-state index is 10.8. The van der Waals surface area contributed by atoms with Crippen LogP contribution in [-0.2, 0) is 9.59 Å². The van der Waals surface area contributed by atoms with Gasteiger partial charge in [-0.1, -0.05) is 60.5 Å². The van der Waals surface area contributed by atoms with Crippen molar-refractivity contribution in [2.45, 2.75) is 13.3 Å². The highest BCUT2D eigenvalue weighted by Crippen LogP contribution is 2.31. The van der Waals surface area contributed by atoms with Crippen LogP contribution < -0.4 is 0 Å². The van der Waals surface area contributed by atoms with E-state index < -0.39 is 17.4 Å². The maximum atomic E-state index is 10.8. The highest BCUT2D eigenvalue weighted by Gasteiger charge is 2.34. The largest absolute Gasteiger partial charge is 0.481 e. The summed E-state index contributed by atoms with van der Waals surface area (Å²) in [7, 11) is 0. The number of terminal acetylenes is 1. The standard InChI is InChI=1S/C9H10O4.C6H6.C3H4S/c1-9(8(12)13)4-2-3-6(5-9)7(10)11;1-2-4-6-5-3-1;1-2-3-4/h2-4H,5H2,1H3,(H,10,11)(H,12,13);1-6H;1,4H,3H2. The molecule has 1 atom stereocenters. The van der Waals surface area contributed by atoms with Gasteiger partial charge in [-0.25, -0.2) is 4.79 Å². The molecule has 122 valence electrons. The summed E-state index contributed by atoms with van der Waals surface area (Å²) in [5.41, 5.74) is -0.949. The Morgan fingerprint density at radius 3 is 1.96 bits per heavy atom. The molecule has 0 bridgehead atoms. The lowest BCUT2D eigenvalue weighted by Crippen LogP contribution is -2.28. The summed E-state index contributed by atoms with van der Waals surface area (Å²) >= 11 is 3.68. The molecule has 4 nitrogen and oxygen atoms in total. The minimum Gasteiger partial charge on any atom is -0.481 e. The topological polar surface area (TPSA) is 74.6 Å². The predicted octanol–water partition coefficient (Wildman–Crippen LogP) is 3.28. The van der Waals surface area contributed by atoms with Gasteiger partial charge < -0.3 is 10.2 Å². The number of rotatable bonds is 2. The maximum Gasteiger partial charge on any atom is 0.331 e. The van der Waals surface area contributed by atoms with Crippen molar-refractivity contribution in [3.63, 3.8) is 0 Å². The van der Waals surface area contributed by atoms with E-state index in [1.807, 2.05) is 36.4 Å². The van der Waals surface area contributed by atoms with E-state index in [0.717, 1.165) is 0 Å². The molecule has 0 aliphatic heterocycles. The number of allylic oxidation sites excluding steroid dienone is 2. The van der Waals surface area contributed by atoms with Crippen molar-refractivity contribution in [2.24, 2.45) is 5.41 Å². The van der Waals surface area contributed by atoms with Crippen LogP contribution in [0, 0.1) is 17.8 Å². The van der Waals surface area contributed by atoms with Crippen LogP contribution in [0.15, 0.2) is 60.2 Å². The second-order valence-electron chi connectivity index (χ2n) is 4.77. The highest BCUT2D eigenvalue weighted by atomic mass is 32.1. The molecule has 1 aliphatic rings. The smallest absolute Gasteiger partial charge is 0.331 e. The van der Waals surface area contributed by atoms with Crippen molar-refractivity contribution in [1.82, 2.24) is 0 Å². The normalized spacial score (nSPS) is 18.0. The molecular weight excluding hydrogens is 312 g/mol. The average molecular weight is 332 g/mol. The van der Waals surface area contributed by atoms with Crippen LogP contribution in [0.1, 0.15) is 13.3 Å². The summed E-state index contributed by atoms with van der Waals surface area (Å²) in [5, 5.41) is 17.5. The van der Waals surface area contributed by atoms with Crippen molar-refractivity contribution in [1.29, 1.82) is 0 Å². The molecule has 23 heavy (non-hydrogen) atoms. The summed E-state index contributed by atoms with van der Waals surface area (Å²) in [5.74, 6) is 0.774. The molecule has 0 amide bonds. The second kappa shape index (κ2) is 11.2. The van der Waals surface area contributed by atoms with Gasteiger partial charge in [-0.05, 0) is 13.3 Å². The fourth-order valence-corrected chi connectivity index (χ4v) is 1.57. The Hall–Kier alpha value is -2.45. The lowest BCUT2D eigenvalue weighted by Gasteiger charge is -2.23. The summed E-state index contributed by atoms with van der Waals surface area (Å²) < 4.78 is 0. The Morgan fingerprint density at radius 1 is 1.22 bits per heavy atom. The second-order valence-corrected chi connectivity index (χ2v) is 5.09. The fourth-order valence-electron chi connectivity index (χ4n) is 1.57. The van der Waals surface area contributed by atoms with Gasteiger partial charge in [-0.2, -0.15) is 12.6 Å². The number of aliphatic carboxylic acids is 2. The zero-order chi connectivity index (χ0) is 17.7. The molecule has 2 rings (SSSR count). The van der Waals surface area contributed by atoms with E-state index >= 15 is 0 Å². The average Bonchev–Trinajstić information content (AvgIpc) is 2.57. The first-order valence-electron chi connectivity index (χ1n) is 6.77. The number of thiol groups is 1. The van der Waals surface area contributed by atoms with Crippen molar-refractivity contribution in [3.05, 3.63) is 60.2 Å². The Bertz CT molecular complexity index is 572. The Kier molecular flexibility index (Phi) is 9.97. The van der Waals surface area contributed by atoms with Crippen LogP contribution in [0.5, 0.6) is 0 Å². The van der Waals surface area contributed by atoms with E-state index in [1.54, 1.807) is 0 Å². The van der Waals surface area contributed by atoms with Gasteiger partial charge in [0.15, 0.2) is 0 Å². The highest BCUT2D eigenvalue weighted by molar-refractivity contribution is 7.80. The molecule has 0 saturated carbocycles. The van der Waals surface area contributed by atoms with E-state index in [9.17, 15) is 9.59 Å². The number of hydrogen-bond acceptors (Lipinski definition) is 3. The lowest BCUT2D eigenvalue weighted by atomic mass is 9.80. The van der Waals surface area contributed by atoms with Gasteiger partial charge in [-0.3, -0.25) is 4.79 Å². The SMILES string of the molecule is C#CCS.CC1(C(=O)O)C=CC=C(C(=O)O)C1.c1ccccc1.